The van der Waals surface area contributed by atoms with Crippen molar-refractivity contribution >= 4 is 29.9 Å². The second kappa shape index (κ2) is 13.4. The van der Waals surface area contributed by atoms with Crippen LogP contribution in [0.1, 0.15) is 45.4 Å². The Morgan fingerprint density at radius 2 is 2.12 bits per heavy atom. The van der Waals surface area contributed by atoms with E-state index in [-0.39, 0.29) is 24.0 Å². The number of ether oxygens (including phenoxy) is 1. The highest BCUT2D eigenvalue weighted by Crippen LogP contribution is 2.20. The highest BCUT2D eigenvalue weighted by Gasteiger charge is 2.13. The van der Waals surface area contributed by atoms with Gasteiger partial charge in [-0.05, 0) is 31.2 Å². The summed E-state index contributed by atoms with van der Waals surface area (Å²) in [5.41, 5.74) is 0. The Bertz CT molecular complexity index is 460. The van der Waals surface area contributed by atoms with Crippen LogP contribution in [0.25, 0.3) is 0 Å². The summed E-state index contributed by atoms with van der Waals surface area (Å²) in [5.74, 6) is 1.35. The molecule has 2 rings (SSSR count). The molecule has 1 unspecified atom stereocenters. The highest BCUT2D eigenvalue weighted by atomic mass is 127. The van der Waals surface area contributed by atoms with Gasteiger partial charge in [-0.1, -0.05) is 26.2 Å². The van der Waals surface area contributed by atoms with Gasteiger partial charge < -0.3 is 15.4 Å². The molecule has 25 heavy (non-hydrogen) atoms. The van der Waals surface area contributed by atoms with Crippen molar-refractivity contribution in [3.63, 3.8) is 0 Å². The normalized spacial score (nSPS) is 17.0. The number of nitrogens with zero attached hydrogens (tertiary/aromatic N) is 3. The molecule has 144 valence electrons. The Kier molecular flexibility index (Phi) is 11.9. The van der Waals surface area contributed by atoms with E-state index < -0.39 is 0 Å². The average Bonchev–Trinajstić information content (AvgIpc) is 3.11. The lowest BCUT2D eigenvalue weighted by Gasteiger charge is -2.22. The van der Waals surface area contributed by atoms with Crippen LogP contribution < -0.4 is 10.6 Å². The van der Waals surface area contributed by atoms with Crippen LogP contribution in [0, 0.1) is 5.92 Å². The van der Waals surface area contributed by atoms with E-state index in [2.05, 4.69) is 27.6 Å². The average molecular weight is 463 g/mol. The molecule has 2 N–H and O–H groups in total. The summed E-state index contributed by atoms with van der Waals surface area (Å²) in [6.45, 7) is 5.72. The molecule has 7 heteroatoms. The zero-order chi connectivity index (χ0) is 17.0. The van der Waals surface area contributed by atoms with Crippen molar-refractivity contribution in [2.45, 2.75) is 58.1 Å². The van der Waals surface area contributed by atoms with E-state index in [0.29, 0.717) is 12.0 Å². The van der Waals surface area contributed by atoms with Crippen molar-refractivity contribution in [2.24, 2.45) is 10.9 Å². The Hall–Kier alpha value is -0.830. The first-order chi connectivity index (χ1) is 11.8. The fraction of sp³-hybridized carbons (Fsp3) is 0.778. The SMILES string of the molecule is CN=C(NCCCOC1CCCCC1)NCC(C)Cn1cccn1.I. The molecule has 1 aliphatic carbocycles. The summed E-state index contributed by atoms with van der Waals surface area (Å²) in [6, 6.07) is 1.95. The van der Waals surface area contributed by atoms with Gasteiger partial charge in [-0.25, -0.2) is 0 Å². The summed E-state index contributed by atoms with van der Waals surface area (Å²) >= 11 is 0. The van der Waals surface area contributed by atoms with Crippen LogP contribution in [0.4, 0.5) is 0 Å². The van der Waals surface area contributed by atoms with Crippen LogP contribution in [0.5, 0.6) is 0 Å². The maximum atomic E-state index is 5.95. The van der Waals surface area contributed by atoms with Gasteiger partial charge in [0.1, 0.15) is 0 Å². The minimum Gasteiger partial charge on any atom is -0.378 e. The van der Waals surface area contributed by atoms with E-state index in [1.807, 2.05) is 30.2 Å². The first-order valence-electron chi connectivity index (χ1n) is 9.31. The van der Waals surface area contributed by atoms with Gasteiger partial charge >= 0.3 is 0 Å². The Morgan fingerprint density at radius 3 is 2.80 bits per heavy atom. The number of guanidine groups is 1. The maximum absolute atomic E-state index is 5.95. The molecule has 1 fully saturated rings. The van der Waals surface area contributed by atoms with Crippen LogP contribution in [0.15, 0.2) is 23.5 Å². The van der Waals surface area contributed by atoms with Gasteiger partial charge in [0, 0.05) is 45.7 Å². The van der Waals surface area contributed by atoms with Gasteiger partial charge in [0.05, 0.1) is 6.10 Å². The fourth-order valence-electron chi connectivity index (χ4n) is 3.04. The molecule has 0 spiro atoms. The smallest absolute Gasteiger partial charge is 0.190 e. The van der Waals surface area contributed by atoms with E-state index in [1.54, 1.807) is 0 Å². The van der Waals surface area contributed by atoms with Crippen LogP contribution in [0.3, 0.4) is 0 Å². The van der Waals surface area contributed by atoms with Crippen LogP contribution in [-0.2, 0) is 11.3 Å². The molecule has 1 atom stereocenters. The largest absolute Gasteiger partial charge is 0.378 e. The second-order valence-electron chi connectivity index (χ2n) is 6.70. The van der Waals surface area contributed by atoms with Gasteiger partial charge in [0.25, 0.3) is 0 Å². The zero-order valence-electron chi connectivity index (χ0n) is 15.6. The van der Waals surface area contributed by atoms with Crippen molar-refractivity contribution in [1.82, 2.24) is 20.4 Å². The van der Waals surface area contributed by atoms with E-state index in [0.717, 1.165) is 38.6 Å². The molecule has 0 radical (unpaired) electrons. The maximum Gasteiger partial charge on any atom is 0.190 e. The number of hydrogen-bond donors (Lipinski definition) is 2. The highest BCUT2D eigenvalue weighted by molar-refractivity contribution is 14.0. The Labute approximate surface area is 169 Å². The van der Waals surface area contributed by atoms with Crippen molar-refractivity contribution in [1.29, 1.82) is 0 Å². The van der Waals surface area contributed by atoms with Crippen LogP contribution >= 0.6 is 24.0 Å². The van der Waals surface area contributed by atoms with Crippen molar-refractivity contribution < 1.29 is 4.74 Å². The predicted molar refractivity (Wildman–Crippen MR) is 114 cm³/mol. The minimum atomic E-state index is 0. The number of hydrogen-bond acceptors (Lipinski definition) is 3. The summed E-state index contributed by atoms with van der Waals surface area (Å²) in [6.07, 6.45) is 11.8. The predicted octanol–water partition coefficient (Wildman–Crippen LogP) is 3.04. The third kappa shape index (κ3) is 9.44. The van der Waals surface area contributed by atoms with E-state index >= 15 is 0 Å². The molecule has 1 aromatic heterocycles. The molecule has 0 bridgehead atoms. The zero-order valence-corrected chi connectivity index (χ0v) is 17.9. The third-order valence-corrected chi connectivity index (χ3v) is 4.42. The number of aromatic nitrogens is 2. The molecule has 6 nitrogen and oxygen atoms in total. The number of rotatable bonds is 9. The molecule has 1 heterocycles. The van der Waals surface area contributed by atoms with E-state index in [1.165, 1.54) is 32.1 Å². The van der Waals surface area contributed by atoms with Gasteiger partial charge in [-0.2, -0.15) is 5.10 Å². The molecule has 1 aromatic rings. The number of halogens is 1. The molecular formula is C18H34IN5O. The minimum absolute atomic E-state index is 0. The third-order valence-electron chi connectivity index (χ3n) is 4.42. The first kappa shape index (κ1) is 22.2. The molecule has 0 amide bonds. The topological polar surface area (TPSA) is 63.5 Å². The quantitative estimate of drug-likeness (QED) is 0.256. The van der Waals surface area contributed by atoms with Crippen LogP contribution in [0.2, 0.25) is 0 Å². The lowest BCUT2D eigenvalue weighted by atomic mass is 9.98. The van der Waals surface area contributed by atoms with Crippen molar-refractivity contribution in [3.05, 3.63) is 18.5 Å². The Balaban J connectivity index is 0.00000312. The molecule has 1 aliphatic rings. The Morgan fingerprint density at radius 1 is 1.32 bits per heavy atom. The fourth-order valence-corrected chi connectivity index (χ4v) is 3.04. The van der Waals surface area contributed by atoms with Gasteiger partial charge in [0.15, 0.2) is 5.96 Å². The first-order valence-corrected chi connectivity index (χ1v) is 9.31. The molecule has 1 saturated carbocycles. The van der Waals surface area contributed by atoms with Crippen LogP contribution in [-0.4, -0.2) is 48.6 Å². The lowest BCUT2D eigenvalue weighted by Crippen LogP contribution is -2.40. The van der Waals surface area contributed by atoms with Gasteiger partial charge in [0.2, 0.25) is 0 Å². The summed E-state index contributed by atoms with van der Waals surface area (Å²) < 4.78 is 7.91. The summed E-state index contributed by atoms with van der Waals surface area (Å²) in [4.78, 5) is 4.28. The van der Waals surface area contributed by atoms with Crippen molar-refractivity contribution in [3.8, 4) is 0 Å². The molecule has 0 saturated heterocycles. The lowest BCUT2D eigenvalue weighted by molar-refractivity contribution is 0.0277. The summed E-state index contributed by atoms with van der Waals surface area (Å²) in [7, 11) is 1.81. The molecule has 0 aliphatic heterocycles. The van der Waals surface area contributed by atoms with E-state index in [9.17, 15) is 0 Å². The van der Waals surface area contributed by atoms with Gasteiger partial charge in [-0.15, -0.1) is 24.0 Å². The monoisotopic (exact) mass is 463 g/mol. The standard InChI is InChI=1S/C18H33N5O.HI/c1-16(15-23-12-6-11-22-23)14-21-18(19-2)20-10-7-13-24-17-8-4-3-5-9-17;/h6,11-12,16-17H,3-5,7-10,13-15H2,1-2H3,(H2,19,20,21);1H. The molecular weight excluding hydrogens is 429 g/mol. The second-order valence-corrected chi connectivity index (χ2v) is 6.70. The van der Waals surface area contributed by atoms with Gasteiger partial charge in [-0.3, -0.25) is 9.67 Å². The molecule has 0 aromatic carbocycles. The van der Waals surface area contributed by atoms with E-state index in [4.69, 9.17) is 4.74 Å². The number of nitrogens with one attached hydrogen (secondary N) is 2. The number of aliphatic imine (C=N–C) groups is 1. The summed E-state index contributed by atoms with van der Waals surface area (Å²) in [5, 5.41) is 11.0. The van der Waals surface area contributed by atoms with Crippen molar-refractivity contribution in [2.75, 3.05) is 26.7 Å².